The number of unbranched alkanes of at least 4 members (excludes halogenated alkanes) is 1. The molecular weight excluding hydrogens is 500 g/mol. The molecule has 10 nitrogen and oxygen atoms in total. The third-order valence-corrected chi connectivity index (χ3v) is 6.01. The highest BCUT2D eigenvalue weighted by Crippen LogP contribution is 2.10. The maximum atomic E-state index is 13.4. The van der Waals surface area contributed by atoms with Crippen LogP contribution >= 0.6 is 0 Å². The normalized spacial score (nSPS) is 13.1. The minimum atomic E-state index is -1.14. The minimum Gasteiger partial charge on any atom is -0.480 e. The first-order valence-corrected chi connectivity index (χ1v) is 13.2. The van der Waals surface area contributed by atoms with Crippen LogP contribution < -0.4 is 21.7 Å². The number of nitrogens with two attached hydrogens (primary N) is 1. The molecule has 0 aromatic heterocycles. The Labute approximate surface area is 229 Å². The van der Waals surface area contributed by atoms with E-state index in [9.17, 15) is 24.3 Å². The van der Waals surface area contributed by atoms with Crippen molar-refractivity contribution in [1.82, 2.24) is 16.0 Å². The molecule has 3 atom stereocenters. The van der Waals surface area contributed by atoms with Crippen LogP contribution in [-0.4, -0.2) is 53.7 Å². The topological polar surface area (TPSA) is 160 Å². The van der Waals surface area contributed by atoms with Gasteiger partial charge in [0.2, 0.25) is 11.8 Å². The lowest BCUT2D eigenvalue weighted by Gasteiger charge is -2.25. The van der Waals surface area contributed by atoms with Gasteiger partial charge in [0.15, 0.2) is 0 Å². The molecule has 0 saturated carbocycles. The predicted molar refractivity (Wildman–Crippen MR) is 148 cm³/mol. The monoisotopic (exact) mass is 540 g/mol. The van der Waals surface area contributed by atoms with Gasteiger partial charge in [-0.2, -0.15) is 0 Å². The van der Waals surface area contributed by atoms with E-state index in [2.05, 4.69) is 16.0 Å². The average Bonchev–Trinajstić information content (AvgIpc) is 2.91. The Morgan fingerprint density at radius 3 is 1.92 bits per heavy atom. The molecule has 0 saturated heterocycles. The molecule has 0 unspecified atom stereocenters. The maximum Gasteiger partial charge on any atom is 0.408 e. The van der Waals surface area contributed by atoms with Crippen LogP contribution in [0.15, 0.2) is 60.7 Å². The third-order valence-electron chi connectivity index (χ3n) is 6.01. The number of carboxylic acids is 1. The zero-order chi connectivity index (χ0) is 28.6. The van der Waals surface area contributed by atoms with Crippen molar-refractivity contribution in [2.45, 2.75) is 70.7 Å². The second-order valence-corrected chi connectivity index (χ2v) is 9.82. The molecule has 39 heavy (non-hydrogen) atoms. The fourth-order valence-electron chi connectivity index (χ4n) is 3.97. The SMILES string of the molecule is CC(C)C[C@H](NC(=O)[C@H](CCCCN)NC(=O)[C@H](Cc1ccccc1)NC(=O)OCc1ccccc1)C(=O)O. The number of ether oxygens (including phenoxy) is 1. The molecule has 0 bridgehead atoms. The zero-order valence-electron chi connectivity index (χ0n) is 22.6. The second-order valence-electron chi connectivity index (χ2n) is 9.82. The van der Waals surface area contributed by atoms with E-state index in [0.717, 1.165) is 11.1 Å². The van der Waals surface area contributed by atoms with Crippen molar-refractivity contribution in [3.05, 3.63) is 71.8 Å². The van der Waals surface area contributed by atoms with Crippen LogP contribution in [0.3, 0.4) is 0 Å². The lowest BCUT2D eigenvalue weighted by Crippen LogP contribution is -2.56. The summed E-state index contributed by atoms with van der Waals surface area (Å²) in [6.07, 6.45) is 1.07. The van der Waals surface area contributed by atoms with Crippen LogP contribution in [0.1, 0.15) is 50.7 Å². The molecule has 10 heteroatoms. The minimum absolute atomic E-state index is 0.0307. The summed E-state index contributed by atoms with van der Waals surface area (Å²) in [6, 6.07) is 15.2. The Morgan fingerprint density at radius 1 is 0.795 bits per heavy atom. The predicted octanol–water partition coefficient (Wildman–Crippen LogP) is 2.75. The average molecular weight is 541 g/mol. The molecule has 212 valence electrons. The van der Waals surface area contributed by atoms with Gasteiger partial charge in [-0.1, -0.05) is 74.5 Å². The van der Waals surface area contributed by atoms with Crippen molar-refractivity contribution < 1.29 is 29.0 Å². The number of amides is 3. The van der Waals surface area contributed by atoms with Crippen molar-refractivity contribution in [2.75, 3.05) is 6.54 Å². The molecule has 0 spiro atoms. The number of rotatable bonds is 16. The number of carboxylic acid groups (broad SMARTS) is 1. The first kappa shape index (κ1) is 31.3. The fraction of sp³-hybridized carbons (Fsp3) is 0.448. The molecule has 2 aromatic carbocycles. The van der Waals surface area contributed by atoms with Gasteiger partial charge in [-0.25, -0.2) is 9.59 Å². The molecule has 0 heterocycles. The summed E-state index contributed by atoms with van der Waals surface area (Å²) >= 11 is 0. The van der Waals surface area contributed by atoms with E-state index in [4.69, 9.17) is 10.5 Å². The molecule has 6 N–H and O–H groups in total. The Balaban J connectivity index is 2.15. The van der Waals surface area contributed by atoms with E-state index in [1.54, 1.807) is 0 Å². The van der Waals surface area contributed by atoms with Gasteiger partial charge in [0, 0.05) is 6.42 Å². The van der Waals surface area contributed by atoms with E-state index >= 15 is 0 Å². The summed E-state index contributed by atoms with van der Waals surface area (Å²) in [6.45, 7) is 4.17. The Hall–Kier alpha value is -3.92. The van der Waals surface area contributed by atoms with Crippen LogP contribution in [0.4, 0.5) is 4.79 Å². The van der Waals surface area contributed by atoms with E-state index < -0.39 is 42.0 Å². The van der Waals surface area contributed by atoms with Crippen molar-refractivity contribution in [2.24, 2.45) is 11.7 Å². The summed E-state index contributed by atoms with van der Waals surface area (Å²) in [5, 5.41) is 17.4. The van der Waals surface area contributed by atoms with Gasteiger partial charge in [-0.15, -0.1) is 0 Å². The van der Waals surface area contributed by atoms with Crippen LogP contribution in [0.5, 0.6) is 0 Å². The highest BCUT2D eigenvalue weighted by Gasteiger charge is 2.30. The highest BCUT2D eigenvalue weighted by atomic mass is 16.5. The summed E-state index contributed by atoms with van der Waals surface area (Å²) in [5.74, 6) is -2.29. The molecule has 0 aliphatic rings. The van der Waals surface area contributed by atoms with Crippen molar-refractivity contribution in [1.29, 1.82) is 0 Å². The van der Waals surface area contributed by atoms with Gasteiger partial charge in [-0.3, -0.25) is 9.59 Å². The zero-order valence-corrected chi connectivity index (χ0v) is 22.6. The van der Waals surface area contributed by atoms with E-state index in [1.807, 2.05) is 74.5 Å². The first-order valence-electron chi connectivity index (χ1n) is 13.2. The Morgan fingerprint density at radius 2 is 1.36 bits per heavy atom. The number of nitrogens with one attached hydrogen (secondary N) is 3. The van der Waals surface area contributed by atoms with E-state index in [0.29, 0.717) is 19.4 Å². The van der Waals surface area contributed by atoms with Gasteiger partial charge in [0.05, 0.1) is 0 Å². The molecule has 3 amide bonds. The van der Waals surface area contributed by atoms with Crippen LogP contribution in [0.2, 0.25) is 0 Å². The van der Waals surface area contributed by atoms with Crippen molar-refractivity contribution >= 4 is 23.9 Å². The fourth-order valence-corrected chi connectivity index (χ4v) is 3.97. The van der Waals surface area contributed by atoms with E-state index in [-0.39, 0.29) is 31.8 Å². The molecule has 0 fully saturated rings. The summed E-state index contributed by atoms with van der Waals surface area (Å²) in [5.41, 5.74) is 7.19. The van der Waals surface area contributed by atoms with Crippen molar-refractivity contribution in [3.63, 3.8) is 0 Å². The van der Waals surface area contributed by atoms with Crippen LogP contribution in [0.25, 0.3) is 0 Å². The lowest BCUT2D eigenvalue weighted by atomic mass is 10.0. The molecule has 2 aromatic rings. The number of benzene rings is 2. The van der Waals surface area contributed by atoms with Gasteiger partial charge in [0.1, 0.15) is 24.7 Å². The molecular formula is C29H40N4O6. The summed E-state index contributed by atoms with van der Waals surface area (Å²) in [4.78, 5) is 50.8. The highest BCUT2D eigenvalue weighted by molar-refractivity contribution is 5.93. The lowest BCUT2D eigenvalue weighted by molar-refractivity contribution is -0.142. The van der Waals surface area contributed by atoms with Gasteiger partial charge in [-0.05, 0) is 49.3 Å². The Kier molecular flexibility index (Phi) is 13.5. The molecule has 0 aliphatic carbocycles. The first-order chi connectivity index (χ1) is 18.7. The summed E-state index contributed by atoms with van der Waals surface area (Å²) in [7, 11) is 0. The number of hydrogen-bond acceptors (Lipinski definition) is 6. The standard InChI is InChI=1S/C29H40N4O6/c1-20(2)17-25(28(36)37)32-26(34)23(15-9-10-16-30)31-27(35)24(18-21-11-5-3-6-12-21)33-29(38)39-19-22-13-7-4-8-14-22/h3-8,11-14,20,23-25H,9-10,15-19,30H2,1-2H3,(H,31,35)(H,32,34)(H,33,38)(H,36,37)/t23-,24-,25-/m0/s1. The number of hydrogen-bond donors (Lipinski definition) is 5. The number of carbonyl (C=O) groups excluding carboxylic acids is 3. The number of alkyl carbamates (subject to hydrolysis) is 1. The maximum absolute atomic E-state index is 13.4. The van der Waals surface area contributed by atoms with Crippen molar-refractivity contribution in [3.8, 4) is 0 Å². The van der Waals surface area contributed by atoms with Crippen LogP contribution in [-0.2, 0) is 32.1 Å². The van der Waals surface area contributed by atoms with E-state index in [1.165, 1.54) is 0 Å². The van der Waals surface area contributed by atoms with Gasteiger partial charge < -0.3 is 31.5 Å². The molecule has 0 radical (unpaired) electrons. The molecule has 0 aliphatic heterocycles. The summed E-state index contributed by atoms with van der Waals surface area (Å²) < 4.78 is 5.31. The quantitative estimate of drug-likeness (QED) is 0.205. The third kappa shape index (κ3) is 12.0. The number of carbonyl (C=O) groups is 4. The second kappa shape index (κ2) is 16.8. The largest absolute Gasteiger partial charge is 0.480 e. The van der Waals surface area contributed by atoms with Gasteiger partial charge in [0.25, 0.3) is 0 Å². The van der Waals surface area contributed by atoms with Crippen LogP contribution in [0, 0.1) is 5.92 Å². The smallest absolute Gasteiger partial charge is 0.408 e. The molecule has 2 rings (SSSR count). The Bertz CT molecular complexity index is 1050. The number of aliphatic carboxylic acids is 1. The van der Waals surface area contributed by atoms with Gasteiger partial charge >= 0.3 is 12.1 Å².